The van der Waals surface area contributed by atoms with Crippen molar-refractivity contribution in [2.75, 3.05) is 12.3 Å². The summed E-state index contributed by atoms with van der Waals surface area (Å²) in [5.41, 5.74) is 7.82. The van der Waals surface area contributed by atoms with Crippen molar-refractivity contribution in [1.82, 2.24) is 15.6 Å². The number of carbonyl (C=O) groups excluding carboxylic acids is 1. The highest BCUT2D eigenvalue weighted by Gasteiger charge is 2.21. The third kappa shape index (κ3) is 7.08. The van der Waals surface area contributed by atoms with Gasteiger partial charge in [-0.25, -0.2) is 4.98 Å². The molecule has 34 heavy (non-hydrogen) atoms. The number of nitrogen functional groups attached to an aromatic ring is 1. The van der Waals surface area contributed by atoms with Crippen LogP contribution in [0.5, 0.6) is 5.75 Å². The van der Waals surface area contributed by atoms with Gasteiger partial charge in [0.25, 0.3) is 5.91 Å². The van der Waals surface area contributed by atoms with Crippen LogP contribution in [0.25, 0.3) is 0 Å². The van der Waals surface area contributed by atoms with Crippen molar-refractivity contribution in [3.63, 3.8) is 0 Å². The smallest absolute Gasteiger partial charge is 0.251 e. The molecule has 3 aromatic rings. The average molecular weight is 503 g/mol. The molecule has 0 aliphatic rings. The molecule has 1 atom stereocenters. The standard InChI is InChI=1S/C25H28Cl2N4O3/c1-25(2,31-14-21(32)17-6-7-22(28)29-12-17)11-15-4-3-5-16(8-15)24(34)30-13-18-9-19(26)10-20(27)23(18)33/h3-10,12,21,31-33H,11,13-14H2,1-2H3,(H2,28,29)(H,30,34)/t21-/m1/s1. The predicted molar refractivity (Wildman–Crippen MR) is 135 cm³/mol. The van der Waals surface area contributed by atoms with E-state index in [1.807, 2.05) is 32.0 Å². The molecule has 0 bridgehead atoms. The molecule has 1 heterocycles. The van der Waals surface area contributed by atoms with Gasteiger partial charge in [0, 0.05) is 46.5 Å². The van der Waals surface area contributed by atoms with Crippen LogP contribution in [0.4, 0.5) is 5.82 Å². The summed E-state index contributed by atoms with van der Waals surface area (Å²) < 4.78 is 0. The lowest BCUT2D eigenvalue weighted by atomic mass is 9.93. The number of nitrogens with one attached hydrogen (secondary N) is 2. The number of halogens is 2. The Hall–Kier alpha value is -2.84. The maximum absolute atomic E-state index is 12.7. The van der Waals surface area contributed by atoms with Crippen molar-refractivity contribution in [2.24, 2.45) is 0 Å². The van der Waals surface area contributed by atoms with Gasteiger partial charge in [-0.1, -0.05) is 41.4 Å². The molecule has 1 aromatic heterocycles. The van der Waals surface area contributed by atoms with Crippen molar-refractivity contribution in [3.8, 4) is 5.75 Å². The molecule has 7 nitrogen and oxygen atoms in total. The van der Waals surface area contributed by atoms with E-state index in [4.69, 9.17) is 28.9 Å². The minimum Gasteiger partial charge on any atom is -0.506 e. The first-order chi connectivity index (χ1) is 16.0. The number of aromatic hydroxyl groups is 1. The fourth-order valence-electron chi connectivity index (χ4n) is 3.53. The number of benzene rings is 2. The Labute approximate surface area is 208 Å². The first-order valence-corrected chi connectivity index (χ1v) is 11.5. The van der Waals surface area contributed by atoms with E-state index in [1.165, 1.54) is 6.07 Å². The monoisotopic (exact) mass is 502 g/mol. The van der Waals surface area contributed by atoms with E-state index in [0.29, 0.717) is 40.5 Å². The van der Waals surface area contributed by atoms with Gasteiger partial charge in [-0.05, 0) is 56.2 Å². The molecule has 0 fully saturated rings. The molecule has 0 radical (unpaired) electrons. The summed E-state index contributed by atoms with van der Waals surface area (Å²) in [5.74, 6) is 0.0144. The molecule has 3 rings (SSSR count). The van der Waals surface area contributed by atoms with E-state index in [9.17, 15) is 15.0 Å². The Kier molecular flexibility index (Phi) is 8.38. The summed E-state index contributed by atoms with van der Waals surface area (Å²) >= 11 is 11.9. The average Bonchev–Trinajstić information content (AvgIpc) is 2.79. The van der Waals surface area contributed by atoms with Crippen LogP contribution in [0.15, 0.2) is 54.7 Å². The number of hydrogen-bond donors (Lipinski definition) is 5. The molecule has 0 saturated heterocycles. The number of carbonyl (C=O) groups is 1. The number of hydrogen-bond acceptors (Lipinski definition) is 6. The van der Waals surface area contributed by atoms with Crippen molar-refractivity contribution in [3.05, 3.63) is 87.0 Å². The third-order valence-corrected chi connectivity index (χ3v) is 5.86. The van der Waals surface area contributed by atoms with E-state index >= 15 is 0 Å². The van der Waals surface area contributed by atoms with Gasteiger partial charge in [-0.3, -0.25) is 4.79 Å². The molecule has 0 aliphatic heterocycles. The zero-order valence-corrected chi connectivity index (χ0v) is 20.5. The van der Waals surface area contributed by atoms with Gasteiger partial charge in [0.15, 0.2) is 0 Å². The summed E-state index contributed by atoms with van der Waals surface area (Å²) in [7, 11) is 0. The van der Waals surface area contributed by atoms with Crippen LogP contribution in [0, 0.1) is 0 Å². The van der Waals surface area contributed by atoms with Crippen LogP contribution in [0.2, 0.25) is 10.0 Å². The molecule has 0 spiro atoms. The number of phenols is 1. The Morgan fingerprint density at radius 3 is 2.65 bits per heavy atom. The minimum absolute atomic E-state index is 0.0834. The highest BCUT2D eigenvalue weighted by Crippen LogP contribution is 2.31. The molecular formula is C25H28Cl2N4O3. The molecule has 1 amide bonds. The fourth-order valence-corrected chi connectivity index (χ4v) is 4.07. The van der Waals surface area contributed by atoms with E-state index in [0.717, 1.165) is 5.56 Å². The number of pyridine rings is 1. The van der Waals surface area contributed by atoms with Crippen LogP contribution in [0.1, 0.15) is 47.0 Å². The van der Waals surface area contributed by atoms with Crippen molar-refractivity contribution < 1.29 is 15.0 Å². The lowest BCUT2D eigenvalue weighted by Crippen LogP contribution is -2.43. The number of aliphatic hydroxyl groups is 1. The van der Waals surface area contributed by atoms with Gasteiger partial charge >= 0.3 is 0 Å². The SMILES string of the molecule is CC(C)(Cc1cccc(C(=O)NCc2cc(Cl)cc(Cl)c2O)c1)NC[C@@H](O)c1ccc(N)nc1. The van der Waals surface area contributed by atoms with Crippen molar-refractivity contribution in [1.29, 1.82) is 0 Å². The van der Waals surface area contributed by atoms with Gasteiger partial charge < -0.3 is 26.6 Å². The summed E-state index contributed by atoms with van der Waals surface area (Å²) in [6.45, 7) is 4.48. The number of β-amino-alcohol motifs (C(OH)–C–C–N with tert-alkyl or cyclic N) is 1. The third-order valence-electron chi connectivity index (χ3n) is 5.35. The van der Waals surface area contributed by atoms with Gasteiger partial charge in [0.05, 0.1) is 11.1 Å². The maximum atomic E-state index is 12.7. The second-order valence-electron chi connectivity index (χ2n) is 8.75. The summed E-state index contributed by atoms with van der Waals surface area (Å²) in [5, 5.41) is 27.2. The number of nitrogens with zero attached hydrogens (tertiary/aromatic N) is 1. The second kappa shape index (κ2) is 11.1. The summed E-state index contributed by atoms with van der Waals surface area (Å²) in [6.07, 6.45) is 1.47. The van der Waals surface area contributed by atoms with Gasteiger partial charge in [0.1, 0.15) is 11.6 Å². The summed E-state index contributed by atoms with van der Waals surface area (Å²) in [4.78, 5) is 16.7. The Balaban J connectivity index is 1.59. The number of anilines is 1. The molecule has 180 valence electrons. The molecule has 0 aliphatic carbocycles. The number of nitrogens with two attached hydrogens (primary N) is 1. The number of aromatic nitrogens is 1. The Bertz CT molecular complexity index is 1150. The molecule has 9 heteroatoms. The largest absolute Gasteiger partial charge is 0.506 e. The molecular weight excluding hydrogens is 475 g/mol. The van der Waals surface area contributed by atoms with Crippen LogP contribution in [0.3, 0.4) is 0 Å². The van der Waals surface area contributed by atoms with Gasteiger partial charge in [0.2, 0.25) is 0 Å². The zero-order chi connectivity index (χ0) is 24.9. The minimum atomic E-state index is -0.721. The topological polar surface area (TPSA) is 120 Å². The Morgan fingerprint density at radius 2 is 1.94 bits per heavy atom. The van der Waals surface area contributed by atoms with Crippen LogP contribution < -0.4 is 16.4 Å². The molecule has 6 N–H and O–H groups in total. The van der Waals surface area contributed by atoms with Crippen molar-refractivity contribution >= 4 is 34.9 Å². The second-order valence-corrected chi connectivity index (χ2v) is 9.60. The number of phenolic OH excluding ortho intramolecular Hbond substituents is 1. The zero-order valence-electron chi connectivity index (χ0n) is 19.0. The molecule has 0 unspecified atom stereocenters. The van der Waals surface area contributed by atoms with Crippen LogP contribution >= 0.6 is 23.2 Å². The fraction of sp³-hybridized carbons (Fsp3) is 0.280. The molecule has 2 aromatic carbocycles. The van der Waals surface area contributed by atoms with E-state index < -0.39 is 6.10 Å². The van der Waals surface area contributed by atoms with Gasteiger partial charge in [-0.15, -0.1) is 0 Å². The van der Waals surface area contributed by atoms with Crippen molar-refractivity contribution in [2.45, 2.75) is 38.5 Å². The Morgan fingerprint density at radius 1 is 1.18 bits per heavy atom. The maximum Gasteiger partial charge on any atom is 0.251 e. The first-order valence-electron chi connectivity index (χ1n) is 10.7. The van der Waals surface area contributed by atoms with Gasteiger partial charge in [-0.2, -0.15) is 0 Å². The normalized spacial score (nSPS) is 12.4. The lowest BCUT2D eigenvalue weighted by molar-refractivity contribution is 0.0950. The quantitative estimate of drug-likeness (QED) is 0.298. The van der Waals surface area contributed by atoms with Crippen LogP contribution in [-0.4, -0.2) is 33.2 Å². The predicted octanol–water partition coefficient (Wildman–Crippen LogP) is 4.25. The number of amides is 1. The van der Waals surface area contributed by atoms with Crippen LogP contribution in [-0.2, 0) is 13.0 Å². The lowest BCUT2D eigenvalue weighted by Gasteiger charge is -2.28. The highest BCUT2D eigenvalue weighted by atomic mass is 35.5. The molecule has 0 saturated carbocycles. The van der Waals surface area contributed by atoms with E-state index in [1.54, 1.807) is 30.5 Å². The van der Waals surface area contributed by atoms with E-state index in [-0.39, 0.29) is 28.8 Å². The van der Waals surface area contributed by atoms with E-state index in [2.05, 4.69) is 15.6 Å². The first kappa shape index (κ1) is 25.8. The highest BCUT2D eigenvalue weighted by molar-refractivity contribution is 6.35. The number of aliphatic hydroxyl groups excluding tert-OH is 1. The number of rotatable bonds is 9. The summed E-state index contributed by atoms with van der Waals surface area (Å²) in [6, 6.07) is 13.7.